The molecule has 0 saturated heterocycles. The molecule has 0 amide bonds. The molecule has 126 valence electrons. The molecule has 6 heteroatoms. The number of hydrogen-bond acceptors (Lipinski definition) is 5. The first-order valence-corrected chi connectivity index (χ1v) is 8.58. The predicted octanol–water partition coefficient (Wildman–Crippen LogP) is 3.50. The number of aromatic nitrogens is 1. The van der Waals surface area contributed by atoms with Gasteiger partial charge in [-0.3, -0.25) is 0 Å². The van der Waals surface area contributed by atoms with E-state index in [1.54, 1.807) is 23.5 Å². The van der Waals surface area contributed by atoms with Gasteiger partial charge in [-0.25, -0.2) is 9.37 Å². The molecule has 4 nitrogen and oxygen atoms in total. The number of aliphatic hydroxyl groups excluding tert-OH is 1. The van der Waals surface area contributed by atoms with Crippen LogP contribution in [-0.2, 0) is 0 Å². The van der Waals surface area contributed by atoms with Crippen molar-refractivity contribution in [1.29, 1.82) is 0 Å². The van der Waals surface area contributed by atoms with Crippen LogP contribution in [0.5, 0.6) is 5.75 Å². The van der Waals surface area contributed by atoms with Crippen molar-refractivity contribution in [3.8, 4) is 5.75 Å². The molecule has 0 fully saturated rings. The molecule has 0 aliphatic heterocycles. The molecular formula is C17H23FN2O2S. The third-order valence-electron chi connectivity index (χ3n) is 3.39. The number of halogens is 1. The van der Waals surface area contributed by atoms with E-state index in [0.29, 0.717) is 18.2 Å². The Morgan fingerprint density at radius 1 is 1.26 bits per heavy atom. The lowest BCUT2D eigenvalue weighted by atomic mass is 10.2. The maximum atomic E-state index is 12.8. The van der Waals surface area contributed by atoms with Crippen molar-refractivity contribution in [3.63, 3.8) is 0 Å². The summed E-state index contributed by atoms with van der Waals surface area (Å²) in [5.41, 5.74) is 0.991. The maximum Gasteiger partial charge on any atom is 0.123 e. The Bertz CT molecular complexity index is 601. The molecule has 2 rings (SSSR count). The van der Waals surface area contributed by atoms with Gasteiger partial charge >= 0.3 is 0 Å². The Kier molecular flexibility index (Phi) is 6.50. The second kappa shape index (κ2) is 8.38. The Morgan fingerprint density at radius 3 is 2.57 bits per heavy atom. The highest BCUT2D eigenvalue weighted by Crippen LogP contribution is 2.22. The molecule has 0 saturated carbocycles. The van der Waals surface area contributed by atoms with Gasteiger partial charge in [0.1, 0.15) is 24.3 Å². The minimum Gasteiger partial charge on any atom is -0.491 e. The van der Waals surface area contributed by atoms with Gasteiger partial charge in [0.25, 0.3) is 0 Å². The lowest BCUT2D eigenvalue weighted by molar-refractivity contribution is 0.104. The first kappa shape index (κ1) is 17.8. The fraction of sp³-hybridized carbons (Fsp3) is 0.471. The van der Waals surface area contributed by atoms with E-state index in [4.69, 9.17) is 4.74 Å². The van der Waals surface area contributed by atoms with Gasteiger partial charge in [0.05, 0.1) is 10.7 Å². The Labute approximate surface area is 140 Å². The van der Waals surface area contributed by atoms with Crippen molar-refractivity contribution in [2.45, 2.75) is 38.8 Å². The largest absolute Gasteiger partial charge is 0.491 e. The van der Waals surface area contributed by atoms with Crippen LogP contribution in [0.1, 0.15) is 43.4 Å². The van der Waals surface area contributed by atoms with E-state index in [-0.39, 0.29) is 18.5 Å². The fourth-order valence-electron chi connectivity index (χ4n) is 1.96. The molecule has 0 aliphatic carbocycles. The highest BCUT2D eigenvalue weighted by Gasteiger charge is 2.13. The molecular weight excluding hydrogens is 315 g/mol. The van der Waals surface area contributed by atoms with E-state index in [0.717, 1.165) is 10.7 Å². The maximum absolute atomic E-state index is 12.8. The molecule has 0 spiro atoms. The standard InChI is InChI=1S/C17H23FN2O2S/c1-11(2)17-20-16(10-23-17)12(3)19-8-14(21)9-22-15-6-4-13(18)5-7-15/h4-7,10-12,14,19,21H,8-9H2,1-3H3/t12-,14-/m0/s1. The van der Waals surface area contributed by atoms with E-state index in [9.17, 15) is 9.50 Å². The molecule has 2 N–H and O–H groups in total. The first-order valence-electron chi connectivity index (χ1n) is 7.71. The number of ether oxygens (including phenoxy) is 1. The SMILES string of the molecule is CC(C)c1nc([C@H](C)NC[C@H](O)COc2ccc(F)cc2)cs1. The van der Waals surface area contributed by atoms with Gasteiger partial charge in [0.2, 0.25) is 0 Å². The van der Waals surface area contributed by atoms with Crippen LogP contribution in [0.15, 0.2) is 29.6 Å². The summed E-state index contributed by atoms with van der Waals surface area (Å²) < 4.78 is 18.2. The molecule has 0 radical (unpaired) electrons. The van der Waals surface area contributed by atoms with Gasteiger partial charge in [-0.15, -0.1) is 11.3 Å². The molecule has 1 heterocycles. The topological polar surface area (TPSA) is 54.4 Å². The molecule has 2 aromatic rings. The van der Waals surface area contributed by atoms with Crippen molar-refractivity contribution in [3.05, 3.63) is 46.2 Å². The van der Waals surface area contributed by atoms with E-state index in [2.05, 4.69) is 24.1 Å². The average molecular weight is 338 g/mol. The first-order chi connectivity index (χ1) is 11.0. The smallest absolute Gasteiger partial charge is 0.123 e. The van der Waals surface area contributed by atoms with Gasteiger partial charge in [0.15, 0.2) is 0 Å². The van der Waals surface area contributed by atoms with E-state index < -0.39 is 6.10 Å². The average Bonchev–Trinajstić information content (AvgIpc) is 3.02. The lowest BCUT2D eigenvalue weighted by Crippen LogP contribution is -2.33. The Morgan fingerprint density at radius 2 is 1.96 bits per heavy atom. The normalized spacial score (nSPS) is 14.0. The van der Waals surface area contributed by atoms with E-state index >= 15 is 0 Å². The summed E-state index contributed by atoms with van der Waals surface area (Å²) in [5, 5.41) is 16.4. The lowest BCUT2D eigenvalue weighted by Gasteiger charge is -2.16. The van der Waals surface area contributed by atoms with Crippen LogP contribution in [0.25, 0.3) is 0 Å². The quantitative estimate of drug-likeness (QED) is 0.773. The van der Waals surface area contributed by atoms with Crippen LogP contribution >= 0.6 is 11.3 Å². The van der Waals surface area contributed by atoms with Crippen LogP contribution in [0, 0.1) is 5.82 Å². The van der Waals surface area contributed by atoms with Crippen molar-refractivity contribution >= 4 is 11.3 Å². The molecule has 0 bridgehead atoms. The highest BCUT2D eigenvalue weighted by atomic mass is 32.1. The second-order valence-corrected chi connectivity index (χ2v) is 6.70. The van der Waals surface area contributed by atoms with Crippen molar-refractivity contribution in [1.82, 2.24) is 10.3 Å². The number of hydrogen-bond donors (Lipinski definition) is 2. The van der Waals surface area contributed by atoms with Gasteiger partial charge in [0, 0.05) is 23.9 Å². The zero-order valence-electron chi connectivity index (χ0n) is 13.6. The third-order valence-corrected chi connectivity index (χ3v) is 4.56. The predicted molar refractivity (Wildman–Crippen MR) is 90.5 cm³/mol. The molecule has 23 heavy (non-hydrogen) atoms. The number of aliphatic hydroxyl groups is 1. The molecule has 1 aromatic carbocycles. The Hall–Kier alpha value is -1.50. The molecule has 1 aromatic heterocycles. The van der Waals surface area contributed by atoms with Crippen molar-refractivity contribution < 1.29 is 14.2 Å². The van der Waals surface area contributed by atoms with Crippen LogP contribution in [0.4, 0.5) is 4.39 Å². The molecule has 0 unspecified atom stereocenters. The number of benzene rings is 1. The van der Waals surface area contributed by atoms with Crippen LogP contribution in [0.2, 0.25) is 0 Å². The van der Waals surface area contributed by atoms with Crippen molar-refractivity contribution in [2.75, 3.05) is 13.2 Å². The second-order valence-electron chi connectivity index (χ2n) is 5.81. The number of rotatable bonds is 8. The summed E-state index contributed by atoms with van der Waals surface area (Å²) in [6.45, 7) is 6.82. The zero-order chi connectivity index (χ0) is 16.8. The Balaban J connectivity index is 1.74. The van der Waals surface area contributed by atoms with E-state index in [1.807, 2.05) is 12.3 Å². The molecule has 0 aliphatic rings. The van der Waals surface area contributed by atoms with Crippen molar-refractivity contribution in [2.24, 2.45) is 0 Å². The minimum absolute atomic E-state index is 0.0687. The van der Waals surface area contributed by atoms with Gasteiger partial charge in [-0.05, 0) is 31.2 Å². The van der Waals surface area contributed by atoms with E-state index in [1.165, 1.54) is 12.1 Å². The highest BCUT2D eigenvalue weighted by molar-refractivity contribution is 7.09. The number of nitrogens with zero attached hydrogens (tertiary/aromatic N) is 1. The number of nitrogens with one attached hydrogen (secondary N) is 1. The van der Waals surface area contributed by atoms with Crippen LogP contribution < -0.4 is 10.1 Å². The summed E-state index contributed by atoms with van der Waals surface area (Å²) in [6, 6.07) is 5.81. The zero-order valence-corrected chi connectivity index (χ0v) is 14.4. The van der Waals surface area contributed by atoms with Crippen LogP contribution in [0.3, 0.4) is 0 Å². The molecule has 2 atom stereocenters. The monoisotopic (exact) mass is 338 g/mol. The fourth-order valence-corrected chi connectivity index (χ4v) is 2.89. The van der Waals surface area contributed by atoms with Gasteiger partial charge < -0.3 is 15.2 Å². The van der Waals surface area contributed by atoms with Gasteiger partial charge in [-0.2, -0.15) is 0 Å². The number of thiazole rings is 1. The summed E-state index contributed by atoms with van der Waals surface area (Å²) in [6.07, 6.45) is -0.647. The minimum atomic E-state index is -0.647. The summed E-state index contributed by atoms with van der Waals surface area (Å²) >= 11 is 1.66. The summed E-state index contributed by atoms with van der Waals surface area (Å²) in [7, 11) is 0. The summed E-state index contributed by atoms with van der Waals surface area (Å²) in [5.74, 6) is 0.660. The summed E-state index contributed by atoms with van der Waals surface area (Å²) in [4.78, 5) is 4.60. The van der Waals surface area contributed by atoms with Gasteiger partial charge in [-0.1, -0.05) is 13.8 Å². The third kappa shape index (κ3) is 5.57. The van der Waals surface area contributed by atoms with Crippen LogP contribution in [-0.4, -0.2) is 29.3 Å².